The molecule has 1 saturated heterocycles. The highest BCUT2D eigenvalue weighted by Crippen LogP contribution is 2.33. The lowest BCUT2D eigenvalue weighted by Crippen LogP contribution is -2.49. The lowest BCUT2D eigenvalue weighted by Gasteiger charge is -2.36. The molecule has 2 heterocycles. The predicted octanol–water partition coefficient (Wildman–Crippen LogP) is 4.11. The Bertz CT molecular complexity index is 743. The first kappa shape index (κ1) is 17.4. The molecule has 1 atom stereocenters. The molecule has 0 radical (unpaired) electrons. The van der Waals surface area contributed by atoms with Crippen molar-refractivity contribution in [2.45, 2.75) is 38.7 Å². The van der Waals surface area contributed by atoms with Gasteiger partial charge in [0.25, 0.3) is 0 Å². The first-order valence-electron chi connectivity index (χ1n) is 9.81. The first-order valence-corrected chi connectivity index (χ1v) is 9.81. The molecule has 1 fully saturated rings. The van der Waals surface area contributed by atoms with E-state index in [0.29, 0.717) is 6.10 Å². The maximum Gasteiger partial charge on any atom is 0.123 e. The number of para-hydroxylation sites is 1. The number of piperazine rings is 1. The van der Waals surface area contributed by atoms with Crippen molar-refractivity contribution in [3.8, 4) is 5.75 Å². The van der Waals surface area contributed by atoms with Gasteiger partial charge in [0.1, 0.15) is 11.9 Å². The summed E-state index contributed by atoms with van der Waals surface area (Å²) in [6, 6.07) is 17.5. The van der Waals surface area contributed by atoms with Crippen LogP contribution in [0.2, 0.25) is 0 Å². The minimum absolute atomic E-state index is 0.195. The van der Waals surface area contributed by atoms with E-state index in [4.69, 9.17) is 4.74 Å². The summed E-state index contributed by atoms with van der Waals surface area (Å²) in [6.07, 6.45) is 1.33. The van der Waals surface area contributed by atoms with Gasteiger partial charge in [-0.25, -0.2) is 0 Å². The van der Waals surface area contributed by atoms with E-state index in [1.54, 1.807) is 0 Å². The van der Waals surface area contributed by atoms with Crippen LogP contribution in [0, 0.1) is 0 Å². The molecule has 0 saturated carbocycles. The zero-order valence-corrected chi connectivity index (χ0v) is 16.2. The number of anilines is 1. The van der Waals surface area contributed by atoms with Crippen LogP contribution in [0.25, 0.3) is 0 Å². The molecule has 0 N–H and O–H groups in total. The Morgan fingerprint density at radius 2 is 1.69 bits per heavy atom. The van der Waals surface area contributed by atoms with Crippen LogP contribution in [0.1, 0.15) is 31.9 Å². The Labute approximate surface area is 157 Å². The Hall–Kier alpha value is -2.00. The van der Waals surface area contributed by atoms with Gasteiger partial charge in [0.15, 0.2) is 0 Å². The zero-order valence-electron chi connectivity index (χ0n) is 16.2. The average Bonchev–Trinajstić information content (AvgIpc) is 3.04. The summed E-state index contributed by atoms with van der Waals surface area (Å²) in [5.41, 5.74) is 4.31. The van der Waals surface area contributed by atoms with Gasteiger partial charge in [0.2, 0.25) is 0 Å². The molecule has 0 spiro atoms. The minimum Gasteiger partial charge on any atom is -0.488 e. The Kier molecular flexibility index (Phi) is 4.66. The first-order chi connectivity index (χ1) is 12.5. The van der Waals surface area contributed by atoms with Gasteiger partial charge < -0.3 is 9.64 Å². The average molecular weight is 351 g/mol. The number of rotatable bonds is 3. The third kappa shape index (κ3) is 3.73. The van der Waals surface area contributed by atoms with Crippen LogP contribution in [0.4, 0.5) is 5.69 Å². The number of hydrogen-bond donors (Lipinski definition) is 0. The highest BCUT2D eigenvalue weighted by atomic mass is 16.5. The lowest BCUT2D eigenvalue weighted by molar-refractivity contribution is 0.145. The van der Waals surface area contributed by atoms with Gasteiger partial charge in [-0.1, -0.05) is 51.1 Å². The fourth-order valence-corrected chi connectivity index (χ4v) is 4.00. The lowest BCUT2D eigenvalue weighted by atomic mass is 9.86. The van der Waals surface area contributed by atoms with Crippen molar-refractivity contribution in [1.29, 1.82) is 0 Å². The van der Waals surface area contributed by atoms with Crippen molar-refractivity contribution in [1.82, 2.24) is 4.90 Å². The van der Waals surface area contributed by atoms with Crippen molar-refractivity contribution in [3.05, 3.63) is 59.7 Å². The molecular formula is C23H30N2O. The summed E-state index contributed by atoms with van der Waals surface area (Å²) >= 11 is 0. The summed E-state index contributed by atoms with van der Waals surface area (Å²) in [5.74, 6) is 1.09. The Balaban J connectivity index is 1.32. The van der Waals surface area contributed by atoms with Crippen LogP contribution in [-0.4, -0.2) is 43.7 Å². The smallest absolute Gasteiger partial charge is 0.123 e. The number of hydrogen-bond acceptors (Lipinski definition) is 3. The highest BCUT2D eigenvalue weighted by Gasteiger charge is 2.28. The number of benzene rings is 2. The van der Waals surface area contributed by atoms with Crippen LogP contribution >= 0.6 is 0 Å². The molecule has 2 aromatic rings. The van der Waals surface area contributed by atoms with Crippen LogP contribution in [-0.2, 0) is 11.8 Å². The van der Waals surface area contributed by atoms with Gasteiger partial charge in [-0.05, 0) is 34.7 Å². The van der Waals surface area contributed by atoms with Gasteiger partial charge in [-0.2, -0.15) is 0 Å². The van der Waals surface area contributed by atoms with Crippen LogP contribution in [0.3, 0.4) is 0 Å². The normalized spacial score (nSPS) is 20.7. The molecule has 0 aliphatic carbocycles. The third-order valence-electron chi connectivity index (χ3n) is 5.62. The quantitative estimate of drug-likeness (QED) is 0.828. The molecule has 2 aromatic carbocycles. The van der Waals surface area contributed by atoms with Gasteiger partial charge >= 0.3 is 0 Å². The van der Waals surface area contributed by atoms with Crippen LogP contribution in [0.15, 0.2) is 48.5 Å². The van der Waals surface area contributed by atoms with Crippen molar-refractivity contribution in [2.75, 3.05) is 37.6 Å². The van der Waals surface area contributed by atoms with Crippen molar-refractivity contribution in [3.63, 3.8) is 0 Å². The summed E-state index contributed by atoms with van der Waals surface area (Å²) in [7, 11) is 0. The van der Waals surface area contributed by atoms with Crippen LogP contribution in [0.5, 0.6) is 5.75 Å². The van der Waals surface area contributed by atoms with Gasteiger partial charge in [-0.3, -0.25) is 4.90 Å². The van der Waals surface area contributed by atoms with E-state index in [-0.39, 0.29) is 5.41 Å². The number of nitrogens with zero attached hydrogens (tertiary/aromatic N) is 2. The van der Waals surface area contributed by atoms with Gasteiger partial charge in [0, 0.05) is 44.8 Å². The molecular weight excluding hydrogens is 320 g/mol. The van der Waals surface area contributed by atoms with E-state index < -0.39 is 0 Å². The largest absolute Gasteiger partial charge is 0.488 e. The molecule has 0 aromatic heterocycles. The summed E-state index contributed by atoms with van der Waals surface area (Å²) in [4.78, 5) is 5.04. The maximum absolute atomic E-state index is 6.23. The molecule has 3 nitrogen and oxygen atoms in total. The molecule has 2 aliphatic rings. The fourth-order valence-electron chi connectivity index (χ4n) is 4.00. The third-order valence-corrected chi connectivity index (χ3v) is 5.62. The summed E-state index contributed by atoms with van der Waals surface area (Å²) < 4.78 is 6.23. The van der Waals surface area contributed by atoms with E-state index >= 15 is 0 Å². The minimum atomic E-state index is 0.195. The van der Waals surface area contributed by atoms with E-state index in [1.165, 1.54) is 16.8 Å². The molecule has 26 heavy (non-hydrogen) atoms. The van der Waals surface area contributed by atoms with Crippen LogP contribution < -0.4 is 9.64 Å². The van der Waals surface area contributed by atoms with E-state index in [2.05, 4.69) is 79.1 Å². The molecule has 1 unspecified atom stereocenters. The Morgan fingerprint density at radius 1 is 0.962 bits per heavy atom. The second-order valence-electron chi connectivity index (χ2n) is 8.64. The Morgan fingerprint density at radius 3 is 2.38 bits per heavy atom. The number of fused-ring (bicyclic) bond motifs is 1. The second kappa shape index (κ2) is 6.96. The van der Waals surface area contributed by atoms with E-state index in [1.807, 2.05) is 0 Å². The molecule has 4 rings (SSSR count). The summed E-state index contributed by atoms with van der Waals surface area (Å²) in [6.45, 7) is 12.3. The van der Waals surface area contributed by atoms with Crippen molar-refractivity contribution < 1.29 is 4.74 Å². The molecule has 0 amide bonds. The van der Waals surface area contributed by atoms with Gasteiger partial charge in [-0.15, -0.1) is 0 Å². The number of ether oxygens (including phenoxy) is 1. The second-order valence-corrected chi connectivity index (χ2v) is 8.64. The fraction of sp³-hybridized carbons (Fsp3) is 0.478. The van der Waals surface area contributed by atoms with Gasteiger partial charge in [0.05, 0.1) is 0 Å². The topological polar surface area (TPSA) is 15.7 Å². The SMILES string of the molecule is CC(C)(C)c1ccc2c(c1)CC(CN1CCN(c3ccccc3)CC1)O2. The van der Waals surface area contributed by atoms with Crippen molar-refractivity contribution >= 4 is 5.69 Å². The maximum atomic E-state index is 6.23. The monoisotopic (exact) mass is 350 g/mol. The molecule has 138 valence electrons. The predicted molar refractivity (Wildman–Crippen MR) is 108 cm³/mol. The standard InChI is InChI=1S/C23H30N2O/c1-23(2,3)19-9-10-22-18(15-19)16-21(26-22)17-24-11-13-25(14-12-24)20-7-5-4-6-8-20/h4-10,15,21H,11-14,16-17H2,1-3H3. The highest BCUT2D eigenvalue weighted by molar-refractivity contribution is 5.46. The zero-order chi connectivity index (χ0) is 18.1. The van der Waals surface area contributed by atoms with E-state index in [9.17, 15) is 0 Å². The molecule has 3 heteroatoms. The molecule has 0 bridgehead atoms. The van der Waals surface area contributed by atoms with E-state index in [0.717, 1.165) is 44.9 Å². The molecule has 2 aliphatic heterocycles. The van der Waals surface area contributed by atoms with Crippen molar-refractivity contribution in [2.24, 2.45) is 0 Å². The summed E-state index contributed by atoms with van der Waals surface area (Å²) in [5, 5.41) is 0.